The number of carbonyl (C=O) groups is 1. The summed E-state index contributed by atoms with van der Waals surface area (Å²) < 4.78 is 79.2. The molecule has 34 heavy (non-hydrogen) atoms. The number of amides is 1. The molecule has 1 saturated heterocycles. The molecule has 1 aromatic carbocycles. The molecule has 12 heteroatoms. The predicted molar refractivity (Wildman–Crippen MR) is 118 cm³/mol. The summed E-state index contributed by atoms with van der Waals surface area (Å²) in [5, 5.41) is 0.319. The van der Waals surface area contributed by atoms with Gasteiger partial charge in [0.25, 0.3) is 5.91 Å². The lowest BCUT2D eigenvalue weighted by molar-refractivity contribution is -0.165. The van der Waals surface area contributed by atoms with E-state index < -0.39 is 36.8 Å². The van der Waals surface area contributed by atoms with Crippen LogP contribution >= 0.6 is 11.6 Å². The van der Waals surface area contributed by atoms with Gasteiger partial charge in [-0.2, -0.15) is 26.3 Å². The minimum atomic E-state index is -4.89. The van der Waals surface area contributed by atoms with Crippen molar-refractivity contribution >= 4 is 29.2 Å². The largest absolute Gasteiger partial charge is 0.419 e. The van der Waals surface area contributed by atoms with Gasteiger partial charge in [0.2, 0.25) is 12.0 Å². The lowest BCUT2D eigenvalue weighted by atomic mass is 10.0. The average molecular weight is 513 g/mol. The number of benzene rings is 1. The van der Waals surface area contributed by atoms with Crippen molar-refractivity contribution in [1.29, 1.82) is 0 Å². The third-order valence-corrected chi connectivity index (χ3v) is 6.21. The fourth-order valence-electron chi connectivity index (χ4n) is 4.55. The Morgan fingerprint density at radius 2 is 1.82 bits per heavy atom. The third kappa shape index (κ3) is 5.79. The van der Waals surface area contributed by atoms with E-state index >= 15 is 0 Å². The molecule has 0 aliphatic carbocycles. The molecular formula is C22H27ClF6N4O. The first-order chi connectivity index (χ1) is 15.7. The molecule has 2 atom stereocenters. The number of hydrogen-bond donors (Lipinski definition) is 0. The number of rotatable bonds is 7. The molecule has 0 aromatic heterocycles. The molecule has 0 bridgehead atoms. The monoisotopic (exact) mass is 512 g/mol. The summed E-state index contributed by atoms with van der Waals surface area (Å²) >= 11 is 6.43. The maximum Gasteiger partial charge on any atom is 0.419 e. The fraction of sp³-hybridized carbons (Fsp3) is 0.636. The van der Waals surface area contributed by atoms with E-state index in [-0.39, 0.29) is 32.0 Å². The first-order valence-corrected chi connectivity index (χ1v) is 11.4. The lowest BCUT2D eigenvalue weighted by Gasteiger charge is -2.43. The number of anilines is 1. The van der Waals surface area contributed by atoms with Gasteiger partial charge in [0.1, 0.15) is 0 Å². The molecule has 1 fully saturated rings. The Morgan fingerprint density at radius 3 is 2.38 bits per heavy atom. The number of alkyl halides is 6. The molecule has 2 heterocycles. The number of aliphatic imine (C=N–C) groups is 1. The third-order valence-electron chi connectivity index (χ3n) is 5.92. The number of halogens is 7. The molecular weight excluding hydrogens is 486 g/mol. The number of carbonyl (C=O) groups excluding carboxylic acids is 1. The van der Waals surface area contributed by atoms with Crippen LogP contribution in [-0.2, 0) is 4.79 Å². The normalized spacial score (nSPS) is 21.4. The Labute approximate surface area is 199 Å². The zero-order valence-corrected chi connectivity index (χ0v) is 19.9. The van der Waals surface area contributed by atoms with Crippen molar-refractivity contribution in [3.63, 3.8) is 0 Å². The van der Waals surface area contributed by atoms with Crippen molar-refractivity contribution in [2.45, 2.75) is 64.5 Å². The molecule has 2 unspecified atom stereocenters. The summed E-state index contributed by atoms with van der Waals surface area (Å²) in [6.45, 7) is 5.69. The number of aryl methyl sites for hydroxylation is 2. The van der Waals surface area contributed by atoms with Gasteiger partial charge >= 0.3 is 12.4 Å². The van der Waals surface area contributed by atoms with Crippen LogP contribution in [0.5, 0.6) is 0 Å². The molecule has 0 N–H and O–H groups in total. The lowest BCUT2D eigenvalue weighted by Crippen LogP contribution is -2.59. The molecule has 0 spiro atoms. The summed E-state index contributed by atoms with van der Waals surface area (Å²) in [6.07, 6.45) is -9.46. The Kier molecular flexibility index (Phi) is 7.76. The van der Waals surface area contributed by atoms with Crippen LogP contribution in [0.1, 0.15) is 37.3 Å². The molecule has 190 valence electrons. The first kappa shape index (κ1) is 26.6. The van der Waals surface area contributed by atoms with Gasteiger partial charge in [0.05, 0.1) is 23.2 Å². The van der Waals surface area contributed by atoms with Crippen molar-refractivity contribution in [3.05, 3.63) is 28.3 Å². The highest BCUT2D eigenvalue weighted by Crippen LogP contribution is 2.38. The van der Waals surface area contributed by atoms with Gasteiger partial charge in [0, 0.05) is 19.6 Å². The van der Waals surface area contributed by atoms with Crippen LogP contribution in [0.25, 0.3) is 0 Å². The summed E-state index contributed by atoms with van der Waals surface area (Å²) in [5.41, 5.74) is 2.05. The summed E-state index contributed by atoms with van der Waals surface area (Å²) in [4.78, 5) is 20.7. The van der Waals surface area contributed by atoms with E-state index in [1.165, 1.54) is 4.90 Å². The van der Waals surface area contributed by atoms with Gasteiger partial charge in [-0.05, 0) is 50.4 Å². The molecule has 1 amide bonds. The van der Waals surface area contributed by atoms with Crippen LogP contribution in [0.3, 0.4) is 0 Å². The predicted octanol–water partition coefficient (Wildman–Crippen LogP) is 5.33. The van der Waals surface area contributed by atoms with Gasteiger partial charge in [-0.25, -0.2) is 4.99 Å². The second kappa shape index (κ2) is 9.93. The second-order valence-corrected chi connectivity index (χ2v) is 9.16. The summed E-state index contributed by atoms with van der Waals surface area (Å²) in [6, 6.07) is 0.221. The van der Waals surface area contributed by atoms with Crippen LogP contribution < -0.4 is 4.90 Å². The fourth-order valence-corrected chi connectivity index (χ4v) is 4.98. The van der Waals surface area contributed by atoms with Crippen molar-refractivity contribution in [1.82, 2.24) is 9.80 Å². The van der Waals surface area contributed by atoms with Crippen LogP contribution in [0.4, 0.5) is 32.0 Å². The van der Waals surface area contributed by atoms with Gasteiger partial charge in [0.15, 0.2) is 0 Å². The number of fused-ring (bicyclic) bond motifs is 1. The second-order valence-electron chi connectivity index (χ2n) is 8.75. The number of guanidine groups is 1. The molecule has 0 radical (unpaired) electrons. The molecule has 5 nitrogen and oxygen atoms in total. The van der Waals surface area contributed by atoms with Crippen LogP contribution in [0.15, 0.2) is 17.1 Å². The topological polar surface area (TPSA) is 39.1 Å². The smallest absolute Gasteiger partial charge is 0.310 e. The van der Waals surface area contributed by atoms with Crippen LogP contribution in [0, 0.1) is 13.8 Å². The number of nitrogens with zero attached hydrogens (tertiary/aromatic N) is 4. The van der Waals surface area contributed by atoms with Crippen molar-refractivity contribution < 1.29 is 31.1 Å². The average Bonchev–Trinajstić information content (AvgIpc) is 3.05. The minimum absolute atomic E-state index is 0.0215. The summed E-state index contributed by atoms with van der Waals surface area (Å²) in [7, 11) is 0. The van der Waals surface area contributed by atoms with E-state index in [0.29, 0.717) is 29.2 Å². The van der Waals surface area contributed by atoms with E-state index in [1.54, 1.807) is 24.8 Å². The highest BCUT2D eigenvalue weighted by Gasteiger charge is 2.55. The molecule has 2 aliphatic heterocycles. The first-order valence-electron chi connectivity index (χ1n) is 11.0. The van der Waals surface area contributed by atoms with Gasteiger partial charge in [-0.15, -0.1) is 0 Å². The van der Waals surface area contributed by atoms with E-state index in [4.69, 9.17) is 11.6 Å². The van der Waals surface area contributed by atoms with Crippen LogP contribution in [0.2, 0.25) is 5.02 Å². The van der Waals surface area contributed by atoms with E-state index in [2.05, 4.69) is 4.99 Å². The zero-order valence-electron chi connectivity index (χ0n) is 19.1. The maximum atomic E-state index is 13.6. The van der Waals surface area contributed by atoms with E-state index in [0.717, 1.165) is 10.5 Å². The highest BCUT2D eigenvalue weighted by atomic mass is 35.5. The Morgan fingerprint density at radius 1 is 1.15 bits per heavy atom. The Hall–Kier alpha value is -2.01. The molecule has 0 saturated carbocycles. The number of hydrogen-bond acceptors (Lipinski definition) is 4. The summed E-state index contributed by atoms with van der Waals surface area (Å²) in [5.74, 6) is -1.38. The maximum absolute atomic E-state index is 13.6. The molecule has 3 rings (SSSR count). The minimum Gasteiger partial charge on any atom is -0.310 e. The Bertz CT molecular complexity index is 925. The van der Waals surface area contributed by atoms with Crippen molar-refractivity contribution in [3.8, 4) is 0 Å². The van der Waals surface area contributed by atoms with Gasteiger partial charge in [-0.3, -0.25) is 9.69 Å². The standard InChI is InChI=1S/C22H27ClF6N4O/c1-4-7-31(9-6-21(24,25)26)12-15-5-8-32(17-14(3)10-13(2)11-16(17)23)20-30-18(22(27,28)29)19(34)33(15)20/h10-11,15,18H,4-9,12H2,1-3H3. The van der Waals surface area contributed by atoms with E-state index in [9.17, 15) is 31.1 Å². The van der Waals surface area contributed by atoms with Crippen molar-refractivity contribution in [2.24, 2.45) is 4.99 Å². The quantitative estimate of drug-likeness (QED) is 0.464. The van der Waals surface area contributed by atoms with Crippen LogP contribution in [-0.4, -0.2) is 72.3 Å². The van der Waals surface area contributed by atoms with Gasteiger partial charge in [-0.1, -0.05) is 24.6 Å². The highest BCUT2D eigenvalue weighted by molar-refractivity contribution is 6.34. The van der Waals surface area contributed by atoms with Gasteiger partial charge < -0.3 is 9.80 Å². The molecule has 2 aliphatic rings. The van der Waals surface area contributed by atoms with Crippen molar-refractivity contribution in [2.75, 3.05) is 31.1 Å². The molecule has 1 aromatic rings. The Balaban J connectivity index is 1.95. The SMILES string of the molecule is CCCN(CCC(F)(F)F)CC1CCN(c2c(C)cc(C)cc2Cl)C2=NC(C(F)(F)F)C(=O)N21. The van der Waals surface area contributed by atoms with E-state index in [1.807, 2.05) is 13.0 Å². The zero-order chi connectivity index (χ0) is 25.4.